The predicted molar refractivity (Wildman–Crippen MR) is 62.8 cm³/mol. The van der Waals surface area contributed by atoms with E-state index >= 15 is 0 Å². The molecule has 0 amide bonds. The molecule has 0 saturated heterocycles. The van der Waals surface area contributed by atoms with Crippen LogP contribution < -0.4 is 5.73 Å². The second-order valence-corrected chi connectivity index (χ2v) is 4.93. The summed E-state index contributed by atoms with van der Waals surface area (Å²) in [5.41, 5.74) is 7.21. The molecule has 3 heteroatoms. The zero-order valence-corrected chi connectivity index (χ0v) is 9.95. The number of imidazole rings is 1. The van der Waals surface area contributed by atoms with Crippen molar-refractivity contribution in [3.63, 3.8) is 0 Å². The number of hydrogen-bond donors (Lipinski definition) is 1. The molecule has 0 atom stereocenters. The third-order valence-electron chi connectivity index (χ3n) is 2.94. The number of hydrogen-bond acceptors (Lipinski definition) is 2. The van der Waals surface area contributed by atoms with Gasteiger partial charge in [0.25, 0.3) is 0 Å². The topological polar surface area (TPSA) is 43.8 Å². The van der Waals surface area contributed by atoms with E-state index in [-0.39, 0.29) is 0 Å². The SMILES string of the molecule is CCc1nc(C2CC2)n(CC(C)C)c1N. The first-order valence-corrected chi connectivity index (χ1v) is 5.98. The van der Waals surface area contributed by atoms with Gasteiger partial charge in [0.2, 0.25) is 0 Å². The molecule has 15 heavy (non-hydrogen) atoms. The Hall–Kier alpha value is -0.990. The Balaban J connectivity index is 2.34. The summed E-state index contributed by atoms with van der Waals surface area (Å²) in [6.07, 6.45) is 3.52. The summed E-state index contributed by atoms with van der Waals surface area (Å²) in [5, 5.41) is 0. The van der Waals surface area contributed by atoms with Crippen LogP contribution in [0, 0.1) is 5.92 Å². The van der Waals surface area contributed by atoms with Crippen LogP contribution in [-0.4, -0.2) is 9.55 Å². The highest BCUT2D eigenvalue weighted by molar-refractivity contribution is 5.39. The minimum Gasteiger partial charge on any atom is -0.384 e. The van der Waals surface area contributed by atoms with Crippen LogP contribution in [0.2, 0.25) is 0 Å². The van der Waals surface area contributed by atoms with Gasteiger partial charge >= 0.3 is 0 Å². The molecule has 0 aliphatic heterocycles. The summed E-state index contributed by atoms with van der Waals surface area (Å²) in [6, 6.07) is 0. The second kappa shape index (κ2) is 3.87. The Morgan fingerprint density at radius 2 is 2.13 bits per heavy atom. The van der Waals surface area contributed by atoms with E-state index in [0.29, 0.717) is 11.8 Å². The molecule has 1 aromatic rings. The molecule has 84 valence electrons. The molecule has 2 rings (SSSR count). The molecule has 1 saturated carbocycles. The molecule has 1 aliphatic rings. The lowest BCUT2D eigenvalue weighted by atomic mass is 10.2. The number of anilines is 1. The van der Waals surface area contributed by atoms with Crippen LogP contribution in [0.25, 0.3) is 0 Å². The highest BCUT2D eigenvalue weighted by atomic mass is 15.2. The molecule has 0 aromatic carbocycles. The maximum absolute atomic E-state index is 6.13. The third kappa shape index (κ3) is 2.01. The largest absolute Gasteiger partial charge is 0.384 e. The summed E-state index contributed by atoms with van der Waals surface area (Å²) in [5.74, 6) is 3.45. The molecule has 0 spiro atoms. The molecular weight excluding hydrogens is 186 g/mol. The smallest absolute Gasteiger partial charge is 0.126 e. The number of nitrogens with two attached hydrogens (primary N) is 1. The van der Waals surface area contributed by atoms with Crippen molar-refractivity contribution in [2.45, 2.75) is 52.5 Å². The Morgan fingerprint density at radius 1 is 1.47 bits per heavy atom. The van der Waals surface area contributed by atoms with Crippen molar-refractivity contribution < 1.29 is 0 Å². The van der Waals surface area contributed by atoms with Gasteiger partial charge in [0.05, 0.1) is 5.69 Å². The Morgan fingerprint density at radius 3 is 2.60 bits per heavy atom. The van der Waals surface area contributed by atoms with Crippen molar-refractivity contribution in [1.82, 2.24) is 9.55 Å². The summed E-state index contributed by atoms with van der Waals surface area (Å²) in [7, 11) is 0. The van der Waals surface area contributed by atoms with Gasteiger partial charge in [-0.2, -0.15) is 0 Å². The molecule has 1 heterocycles. The van der Waals surface area contributed by atoms with Crippen LogP contribution in [-0.2, 0) is 13.0 Å². The Kier molecular flexibility index (Phi) is 2.72. The average molecular weight is 207 g/mol. The molecule has 1 aromatic heterocycles. The lowest BCUT2D eigenvalue weighted by Gasteiger charge is -2.11. The lowest BCUT2D eigenvalue weighted by molar-refractivity contribution is 0.512. The van der Waals surface area contributed by atoms with E-state index < -0.39 is 0 Å². The predicted octanol–water partition coefficient (Wildman–Crippen LogP) is 2.56. The summed E-state index contributed by atoms with van der Waals surface area (Å²) < 4.78 is 2.24. The van der Waals surface area contributed by atoms with Gasteiger partial charge in [0.1, 0.15) is 11.6 Å². The van der Waals surface area contributed by atoms with Crippen molar-refractivity contribution >= 4 is 5.82 Å². The van der Waals surface area contributed by atoms with Crippen molar-refractivity contribution in [3.8, 4) is 0 Å². The van der Waals surface area contributed by atoms with Gasteiger partial charge in [-0.3, -0.25) is 0 Å². The minimum absolute atomic E-state index is 0.628. The zero-order chi connectivity index (χ0) is 11.0. The maximum Gasteiger partial charge on any atom is 0.126 e. The van der Waals surface area contributed by atoms with Crippen molar-refractivity contribution in [3.05, 3.63) is 11.5 Å². The maximum atomic E-state index is 6.13. The van der Waals surface area contributed by atoms with E-state index in [4.69, 9.17) is 5.73 Å². The first kappa shape index (κ1) is 10.5. The normalized spacial score (nSPS) is 16.3. The fraction of sp³-hybridized carbons (Fsp3) is 0.750. The molecular formula is C12H21N3. The molecule has 0 radical (unpaired) electrons. The van der Waals surface area contributed by atoms with E-state index in [1.165, 1.54) is 18.7 Å². The van der Waals surface area contributed by atoms with Gasteiger partial charge in [0, 0.05) is 12.5 Å². The third-order valence-corrected chi connectivity index (χ3v) is 2.94. The number of nitrogens with zero attached hydrogens (tertiary/aromatic N) is 2. The van der Waals surface area contributed by atoms with Gasteiger partial charge in [-0.1, -0.05) is 20.8 Å². The van der Waals surface area contributed by atoms with E-state index in [1.54, 1.807) is 0 Å². The molecule has 1 fully saturated rings. The van der Waals surface area contributed by atoms with E-state index in [2.05, 4.69) is 30.3 Å². The number of nitrogen functional groups attached to an aromatic ring is 1. The van der Waals surface area contributed by atoms with Crippen LogP contribution in [0.1, 0.15) is 51.0 Å². The van der Waals surface area contributed by atoms with Crippen LogP contribution in [0.15, 0.2) is 0 Å². The first-order valence-electron chi connectivity index (χ1n) is 5.98. The summed E-state index contributed by atoms with van der Waals surface area (Å²) in [6.45, 7) is 7.57. The number of aromatic nitrogens is 2. The molecule has 0 unspecified atom stereocenters. The van der Waals surface area contributed by atoms with E-state index in [0.717, 1.165) is 24.5 Å². The van der Waals surface area contributed by atoms with Crippen LogP contribution in [0.4, 0.5) is 5.82 Å². The van der Waals surface area contributed by atoms with E-state index in [1.807, 2.05) is 0 Å². The number of aryl methyl sites for hydroxylation is 1. The quantitative estimate of drug-likeness (QED) is 0.824. The first-order chi connectivity index (χ1) is 7.13. The fourth-order valence-corrected chi connectivity index (χ4v) is 2.01. The average Bonchev–Trinajstić information content (AvgIpc) is 2.96. The summed E-state index contributed by atoms with van der Waals surface area (Å²) >= 11 is 0. The van der Waals surface area contributed by atoms with Crippen molar-refractivity contribution in [2.75, 3.05) is 5.73 Å². The van der Waals surface area contributed by atoms with Crippen molar-refractivity contribution in [2.24, 2.45) is 5.92 Å². The van der Waals surface area contributed by atoms with E-state index in [9.17, 15) is 0 Å². The molecule has 1 aliphatic carbocycles. The van der Waals surface area contributed by atoms with Crippen LogP contribution >= 0.6 is 0 Å². The fourth-order valence-electron chi connectivity index (χ4n) is 2.01. The molecule has 2 N–H and O–H groups in total. The summed E-state index contributed by atoms with van der Waals surface area (Å²) in [4.78, 5) is 4.68. The second-order valence-electron chi connectivity index (χ2n) is 4.93. The van der Waals surface area contributed by atoms with Crippen LogP contribution in [0.5, 0.6) is 0 Å². The number of rotatable bonds is 4. The van der Waals surface area contributed by atoms with Crippen molar-refractivity contribution in [1.29, 1.82) is 0 Å². The Bertz CT molecular complexity index is 348. The highest BCUT2D eigenvalue weighted by Gasteiger charge is 2.30. The van der Waals surface area contributed by atoms with Gasteiger partial charge < -0.3 is 10.3 Å². The zero-order valence-electron chi connectivity index (χ0n) is 9.95. The molecule has 3 nitrogen and oxygen atoms in total. The standard InChI is InChI=1S/C12H21N3/c1-4-10-11(13)15(7-8(2)3)12(14-10)9-5-6-9/h8-9H,4-7,13H2,1-3H3. The van der Waals surface area contributed by atoms with Gasteiger partial charge in [0.15, 0.2) is 0 Å². The highest BCUT2D eigenvalue weighted by Crippen LogP contribution is 2.40. The van der Waals surface area contributed by atoms with Gasteiger partial charge in [-0.15, -0.1) is 0 Å². The minimum atomic E-state index is 0.628. The van der Waals surface area contributed by atoms with Crippen LogP contribution in [0.3, 0.4) is 0 Å². The van der Waals surface area contributed by atoms with Gasteiger partial charge in [-0.05, 0) is 25.2 Å². The Labute approximate surface area is 91.7 Å². The molecule has 0 bridgehead atoms. The van der Waals surface area contributed by atoms with Gasteiger partial charge in [-0.25, -0.2) is 4.98 Å². The monoisotopic (exact) mass is 207 g/mol. The lowest BCUT2D eigenvalue weighted by Crippen LogP contribution is -2.11.